The van der Waals surface area contributed by atoms with Crippen LogP contribution in [0.1, 0.15) is 42.7 Å². The molecular formula is C18H25N3O4. The molecule has 1 saturated carbocycles. The van der Waals surface area contributed by atoms with Gasteiger partial charge in [0.25, 0.3) is 5.91 Å². The summed E-state index contributed by atoms with van der Waals surface area (Å²) in [5, 5.41) is 5.03. The maximum Gasteiger partial charge on any atom is 0.287 e. The molecule has 2 N–H and O–H groups in total. The molecule has 2 aliphatic rings. The largest absolute Gasteiger partial charge is 0.459 e. The molecule has 2 fully saturated rings. The highest BCUT2D eigenvalue weighted by molar-refractivity contribution is 5.94. The zero-order chi connectivity index (χ0) is 17.6. The van der Waals surface area contributed by atoms with E-state index in [-0.39, 0.29) is 30.7 Å². The van der Waals surface area contributed by atoms with Gasteiger partial charge >= 0.3 is 0 Å². The average Bonchev–Trinajstić information content (AvgIpc) is 3.18. The van der Waals surface area contributed by atoms with E-state index in [1.807, 2.05) is 4.90 Å². The van der Waals surface area contributed by atoms with Crippen LogP contribution in [0.4, 0.5) is 0 Å². The Morgan fingerprint density at radius 1 is 1.08 bits per heavy atom. The number of nitrogens with one attached hydrogen (secondary N) is 2. The van der Waals surface area contributed by atoms with Gasteiger partial charge in [-0.15, -0.1) is 0 Å². The highest BCUT2D eigenvalue weighted by atomic mass is 16.3. The minimum absolute atomic E-state index is 0.0210. The quantitative estimate of drug-likeness (QED) is 0.836. The average molecular weight is 347 g/mol. The van der Waals surface area contributed by atoms with E-state index in [0.29, 0.717) is 5.92 Å². The van der Waals surface area contributed by atoms with E-state index < -0.39 is 5.91 Å². The van der Waals surface area contributed by atoms with Gasteiger partial charge in [0.15, 0.2) is 5.76 Å². The Morgan fingerprint density at radius 2 is 1.88 bits per heavy atom. The van der Waals surface area contributed by atoms with E-state index in [1.165, 1.54) is 38.0 Å². The van der Waals surface area contributed by atoms with Crippen molar-refractivity contribution in [1.29, 1.82) is 0 Å². The predicted molar refractivity (Wildman–Crippen MR) is 90.7 cm³/mol. The summed E-state index contributed by atoms with van der Waals surface area (Å²) in [6.07, 6.45) is 7.54. The van der Waals surface area contributed by atoms with Crippen molar-refractivity contribution in [1.82, 2.24) is 15.5 Å². The van der Waals surface area contributed by atoms with Gasteiger partial charge in [-0.1, -0.05) is 19.3 Å². The molecule has 1 aliphatic heterocycles. The Bertz CT molecular complexity index is 614. The van der Waals surface area contributed by atoms with Gasteiger partial charge in [-0.25, -0.2) is 0 Å². The first-order valence-electron chi connectivity index (χ1n) is 8.99. The van der Waals surface area contributed by atoms with E-state index >= 15 is 0 Å². The van der Waals surface area contributed by atoms with Crippen molar-refractivity contribution in [3.63, 3.8) is 0 Å². The highest BCUT2D eigenvalue weighted by Gasteiger charge is 2.32. The van der Waals surface area contributed by atoms with Gasteiger partial charge in [0.1, 0.15) is 0 Å². The third-order valence-corrected chi connectivity index (χ3v) is 5.24. The number of carbonyl (C=O) groups excluding carboxylic acids is 3. The zero-order valence-corrected chi connectivity index (χ0v) is 14.3. The molecule has 0 spiro atoms. The SMILES string of the molecule is O=C(CNC(=O)c1ccco1)NCC(=O)N1CC[C@@H]2CCCC[C@@H]2C1. The number of piperidine rings is 1. The first kappa shape index (κ1) is 17.5. The Morgan fingerprint density at radius 3 is 2.64 bits per heavy atom. The molecule has 1 aliphatic carbocycles. The fourth-order valence-corrected chi connectivity index (χ4v) is 3.83. The number of furan rings is 1. The van der Waals surface area contributed by atoms with Crippen molar-refractivity contribution in [2.75, 3.05) is 26.2 Å². The molecule has 7 nitrogen and oxygen atoms in total. The van der Waals surface area contributed by atoms with Crippen molar-refractivity contribution < 1.29 is 18.8 Å². The minimum Gasteiger partial charge on any atom is -0.459 e. The molecule has 7 heteroatoms. The topological polar surface area (TPSA) is 91.6 Å². The second-order valence-electron chi connectivity index (χ2n) is 6.87. The van der Waals surface area contributed by atoms with Crippen LogP contribution < -0.4 is 10.6 Å². The van der Waals surface area contributed by atoms with Crippen LogP contribution in [0.15, 0.2) is 22.8 Å². The summed E-state index contributed by atoms with van der Waals surface area (Å²) in [6.45, 7) is 1.39. The monoisotopic (exact) mass is 347 g/mol. The number of fused-ring (bicyclic) bond motifs is 1. The van der Waals surface area contributed by atoms with Crippen molar-refractivity contribution >= 4 is 17.7 Å². The first-order valence-corrected chi connectivity index (χ1v) is 8.99. The molecule has 136 valence electrons. The Hall–Kier alpha value is -2.31. The lowest BCUT2D eigenvalue weighted by Crippen LogP contribution is -2.49. The number of carbonyl (C=O) groups is 3. The van der Waals surface area contributed by atoms with E-state index in [9.17, 15) is 14.4 Å². The molecule has 2 heterocycles. The number of rotatable bonds is 5. The highest BCUT2D eigenvalue weighted by Crippen LogP contribution is 2.35. The van der Waals surface area contributed by atoms with E-state index in [4.69, 9.17) is 4.42 Å². The lowest BCUT2D eigenvalue weighted by atomic mass is 9.75. The Balaban J connectivity index is 1.37. The van der Waals surface area contributed by atoms with Gasteiger partial charge in [-0.2, -0.15) is 0 Å². The summed E-state index contributed by atoms with van der Waals surface area (Å²) in [6, 6.07) is 3.12. The number of nitrogens with zero attached hydrogens (tertiary/aromatic N) is 1. The molecule has 3 amide bonds. The van der Waals surface area contributed by atoms with Gasteiger partial charge in [0.2, 0.25) is 11.8 Å². The fraction of sp³-hybridized carbons (Fsp3) is 0.611. The van der Waals surface area contributed by atoms with Crippen LogP contribution in [-0.4, -0.2) is 48.8 Å². The van der Waals surface area contributed by atoms with Crippen molar-refractivity contribution in [3.8, 4) is 0 Å². The summed E-state index contributed by atoms with van der Waals surface area (Å²) >= 11 is 0. The Kier molecular flexibility index (Phi) is 5.73. The normalized spacial score (nSPS) is 22.8. The van der Waals surface area contributed by atoms with Gasteiger partial charge < -0.3 is 20.0 Å². The van der Waals surface area contributed by atoms with Crippen LogP contribution in [0.25, 0.3) is 0 Å². The van der Waals surface area contributed by atoms with Gasteiger partial charge in [0, 0.05) is 13.1 Å². The second-order valence-corrected chi connectivity index (χ2v) is 6.87. The third-order valence-electron chi connectivity index (χ3n) is 5.24. The van der Waals surface area contributed by atoms with Crippen LogP contribution in [0.3, 0.4) is 0 Å². The zero-order valence-electron chi connectivity index (χ0n) is 14.3. The number of amides is 3. The molecule has 0 unspecified atom stereocenters. The van der Waals surface area contributed by atoms with Crippen LogP contribution in [0, 0.1) is 11.8 Å². The maximum absolute atomic E-state index is 12.3. The van der Waals surface area contributed by atoms with Crippen molar-refractivity contribution in [2.45, 2.75) is 32.1 Å². The van der Waals surface area contributed by atoms with Gasteiger partial charge in [-0.3, -0.25) is 14.4 Å². The van der Waals surface area contributed by atoms with E-state index in [2.05, 4.69) is 10.6 Å². The minimum atomic E-state index is -0.453. The number of hydrogen-bond donors (Lipinski definition) is 2. The summed E-state index contributed by atoms with van der Waals surface area (Å²) in [5.41, 5.74) is 0. The summed E-state index contributed by atoms with van der Waals surface area (Å²) in [4.78, 5) is 37.7. The first-order chi connectivity index (χ1) is 12.1. The summed E-state index contributed by atoms with van der Waals surface area (Å²) in [7, 11) is 0. The lowest BCUT2D eigenvalue weighted by Gasteiger charge is -2.41. The van der Waals surface area contributed by atoms with E-state index in [0.717, 1.165) is 25.4 Å². The van der Waals surface area contributed by atoms with Crippen molar-refractivity contribution in [2.24, 2.45) is 11.8 Å². The van der Waals surface area contributed by atoms with Crippen LogP contribution in [0.2, 0.25) is 0 Å². The molecule has 0 bridgehead atoms. The fourth-order valence-electron chi connectivity index (χ4n) is 3.83. The van der Waals surface area contributed by atoms with Gasteiger partial charge in [-0.05, 0) is 36.8 Å². The molecule has 0 radical (unpaired) electrons. The standard InChI is InChI=1S/C18H25N3O4/c22-16(10-20-18(24)15-6-3-9-25-15)19-11-17(23)21-8-7-13-4-1-2-5-14(13)12-21/h3,6,9,13-14H,1-2,4-5,7-8,10-12H2,(H,19,22)(H,20,24)/t13-,14+/m0/s1. The number of hydrogen-bond acceptors (Lipinski definition) is 4. The van der Waals surface area contributed by atoms with Crippen LogP contribution >= 0.6 is 0 Å². The second kappa shape index (κ2) is 8.18. The third kappa shape index (κ3) is 4.61. The molecular weight excluding hydrogens is 322 g/mol. The van der Waals surface area contributed by atoms with Gasteiger partial charge in [0.05, 0.1) is 19.4 Å². The van der Waals surface area contributed by atoms with Crippen LogP contribution in [-0.2, 0) is 9.59 Å². The molecule has 1 aromatic heterocycles. The molecule has 1 saturated heterocycles. The molecule has 25 heavy (non-hydrogen) atoms. The molecule has 2 atom stereocenters. The summed E-state index contributed by atoms with van der Waals surface area (Å²) in [5.74, 6) is 0.652. The predicted octanol–water partition coefficient (Wildman–Crippen LogP) is 1.16. The molecule has 1 aromatic rings. The van der Waals surface area contributed by atoms with Crippen LogP contribution in [0.5, 0.6) is 0 Å². The van der Waals surface area contributed by atoms with E-state index in [1.54, 1.807) is 6.07 Å². The number of likely N-dealkylation sites (tertiary alicyclic amines) is 1. The smallest absolute Gasteiger partial charge is 0.287 e. The Labute approximate surface area is 147 Å². The maximum atomic E-state index is 12.3. The molecule has 0 aromatic carbocycles. The van der Waals surface area contributed by atoms with Crippen molar-refractivity contribution in [3.05, 3.63) is 24.2 Å². The lowest BCUT2D eigenvalue weighted by molar-refractivity contribution is -0.135. The summed E-state index contributed by atoms with van der Waals surface area (Å²) < 4.78 is 4.94. The molecule has 3 rings (SSSR count).